The lowest BCUT2D eigenvalue weighted by atomic mass is 9.82. The summed E-state index contributed by atoms with van der Waals surface area (Å²) in [6, 6.07) is 2.15. The first kappa shape index (κ1) is 44.0. The summed E-state index contributed by atoms with van der Waals surface area (Å²) >= 11 is 0. The van der Waals surface area contributed by atoms with Crippen LogP contribution in [0.25, 0.3) is 22.3 Å². The third kappa shape index (κ3) is 6.57. The van der Waals surface area contributed by atoms with E-state index in [4.69, 9.17) is 23.7 Å². The number of hydrogen-bond donors (Lipinski definition) is 16. The Morgan fingerprint density at radius 1 is 0.433 bits per heavy atom. The average Bonchev–Trinajstić information content (AvgIpc) is 3.29. The highest BCUT2D eigenvalue weighted by Crippen LogP contribution is 2.58. The number of phenolic OH excluding ortho intramolecular Hbond substituents is 15. The molecule has 0 radical (unpaired) electrons. The van der Waals surface area contributed by atoms with Crippen molar-refractivity contribution in [2.75, 3.05) is 6.61 Å². The highest BCUT2D eigenvalue weighted by Gasteiger charge is 2.54. The van der Waals surface area contributed by atoms with Crippen LogP contribution in [0.2, 0.25) is 0 Å². The predicted octanol–water partition coefficient (Wildman–Crippen LogP) is 1.34. The quantitative estimate of drug-likeness (QED) is 0.0689. The number of aliphatic hydroxyl groups excluding tert-OH is 1. The first-order chi connectivity index (χ1) is 31.5. The number of hydrogen-bond acceptors (Lipinski definition) is 26. The molecule has 5 aromatic rings. The molecule has 0 aliphatic carbocycles. The Balaban J connectivity index is 1.42. The Hall–Kier alpha value is -9.59. The molecule has 4 aliphatic rings. The van der Waals surface area contributed by atoms with Crippen LogP contribution in [0.4, 0.5) is 0 Å². The fraction of sp³-hybridized carbons (Fsp3) is 0.146. The van der Waals surface area contributed by atoms with Gasteiger partial charge in [-0.2, -0.15) is 0 Å². The number of phenols is 15. The molecule has 348 valence electrons. The van der Waals surface area contributed by atoms with E-state index in [1.807, 2.05) is 0 Å². The van der Waals surface area contributed by atoms with Crippen molar-refractivity contribution in [2.24, 2.45) is 0 Å². The third-order valence-electron chi connectivity index (χ3n) is 10.9. The van der Waals surface area contributed by atoms with Gasteiger partial charge in [0, 0.05) is 27.8 Å². The molecule has 5 atom stereocenters. The van der Waals surface area contributed by atoms with Crippen LogP contribution in [0, 0.1) is 0 Å². The summed E-state index contributed by atoms with van der Waals surface area (Å²) in [5.41, 5.74) is -11.0. The number of fused-ring (bicyclic) bond motifs is 6. The van der Waals surface area contributed by atoms with E-state index >= 15 is 0 Å². The van der Waals surface area contributed by atoms with E-state index < -0.39 is 209 Å². The van der Waals surface area contributed by atoms with E-state index in [0.29, 0.717) is 30.3 Å². The lowest BCUT2D eigenvalue weighted by Crippen LogP contribution is -2.56. The van der Waals surface area contributed by atoms with Gasteiger partial charge in [-0.3, -0.25) is 0 Å². The molecule has 0 amide bonds. The number of aliphatic hydroxyl groups is 1. The van der Waals surface area contributed by atoms with Crippen LogP contribution in [0.3, 0.4) is 0 Å². The number of aromatic hydroxyl groups is 15. The first-order valence-corrected chi connectivity index (χ1v) is 18.6. The van der Waals surface area contributed by atoms with Gasteiger partial charge in [0.25, 0.3) is 0 Å². The summed E-state index contributed by atoms with van der Waals surface area (Å²) in [5.74, 6) is -29.6. The molecular weight excluding hydrogens is 908 g/mol. The highest BCUT2D eigenvalue weighted by atomic mass is 16.6. The summed E-state index contributed by atoms with van der Waals surface area (Å²) in [7, 11) is 0. The zero-order valence-electron chi connectivity index (χ0n) is 32.7. The molecule has 5 aromatic carbocycles. The Labute approximate surface area is 368 Å². The van der Waals surface area contributed by atoms with Gasteiger partial charge in [0.15, 0.2) is 87.7 Å². The van der Waals surface area contributed by atoms with Crippen molar-refractivity contribution < 1.29 is 129 Å². The summed E-state index contributed by atoms with van der Waals surface area (Å²) in [5, 5.41) is 172. The maximum Gasteiger partial charge on any atom is 0.339 e. The van der Waals surface area contributed by atoms with Gasteiger partial charge in [-0.1, -0.05) is 0 Å². The van der Waals surface area contributed by atoms with Crippen LogP contribution in [0.5, 0.6) is 86.2 Å². The van der Waals surface area contributed by atoms with Crippen molar-refractivity contribution in [3.05, 3.63) is 63.7 Å². The predicted molar refractivity (Wildman–Crippen MR) is 207 cm³/mol. The van der Waals surface area contributed by atoms with Gasteiger partial charge in [-0.25, -0.2) is 24.0 Å². The molecule has 4 bridgehead atoms. The highest BCUT2D eigenvalue weighted by molar-refractivity contribution is 6.11. The van der Waals surface area contributed by atoms with Gasteiger partial charge in [-0.15, -0.1) is 0 Å². The van der Waals surface area contributed by atoms with E-state index in [0.717, 1.165) is 0 Å². The van der Waals surface area contributed by atoms with Crippen LogP contribution >= 0.6 is 0 Å². The Morgan fingerprint density at radius 2 is 0.836 bits per heavy atom. The first-order valence-electron chi connectivity index (χ1n) is 18.6. The number of ether oxygens (including phenoxy) is 5. The minimum Gasteiger partial charge on any atom is -0.504 e. The zero-order valence-corrected chi connectivity index (χ0v) is 32.7. The molecule has 26 nitrogen and oxygen atoms in total. The van der Waals surface area contributed by atoms with Gasteiger partial charge < -0.3 is 105 Å². The second-order valence-electron chi connectivity index (χ2n) is 14.7. The fourth-order valence-corrected chi connectivity index (χ4v) is 7.72. The molecule has 4 heterocycles. The van der Waals surface area contributed by atoms with Crippen LogP contribution in [-0.4, -0.2) is 143 Å². The molecule has 0 spiro atoms. The van der Waals surface area contributed by atoms with Crippen molar-refractivity contribution in [3.8, 4) is 108 Å². The maximum absolute atomic E-state index is 14.6. The van der Waals surface area contributed by atoms with Crippen LogP contribution < -0.4 is 0 Å². The minimum atomic E-state index is -2.79. The molecule has 0 fully saturated rings. The number of benzene rings is 5. The van der Waals surface area contributed by atoms with Crippen molar-refractivity contribution >= 4 is 29.8 Å². The van der Waals surface area contributed by atoms with E-state index in [2.05, 4.69) is 0 Å². The Kier molecular flexibility index (Phi) is 10.1. The Bertz CT molecular complexity index is 3060. The van der Waals surface area contributed by atoms with Crippen molar-refractivity contribution in [1.29, 1.82) is 0 Å². The lowest BCUT2D eigenvalue weighted by molar-refractivity contribution is -0.154. The van der Waals surface area contributed by atoms with Gasteiger partial charge in [0.2, 0.25) is 23.0 Å². The molecule has 0 unspecified atom stereocenters. The molecule has 16 N–H and O–H groups in total. The maximum atomic E-state index is 14.6. The molecule has 0 saturated carbocycles. The summed E-state index contributed by atoms with van der Waals surface area (Å²) < 4.78 is 27.6. The average molecular weight is 937 g/mol. The van der Waals surface area contributed by atoms with Crippen molar-refractivity contribution in [3.63, 3.8) is 0 Å². The second-order valence-corrected chi connectivity index (χ2v) is 14.7. The fourth-order valence-electron chi connectivity index (χ4n) is 7.72. The van der Waals surface area contributed by atoms with Crippen LogP contribution in [0.1, 0.15) is 63.5 Å². The van der Waals surface area contributed by atoms with E-state index in [1.54, 1.807) is 0 Å². The van der Waals surface area contributed by atoms with Crippen LogP contribution in [0.15, 0.2) is 30.3 Å². The molecule has 0 aromatic heterocycles. The van der Waals surface area contributed by atoms with Gasteiger partial charge >= 0.3 is 29.8 Å². The van der Waals surface area contributed by atoms with Gasteiger partial charge in [0.05, 0.1) is 27.8 Å². The minimum absolute atomic E-state index is 0.331. The number of esters is 5. The molecule has 9 rings (SSSR count). The van der Waals surface area contributed by atoms with Crippen molar-refractivity contribution in [1.82, 2.24) is 0 Å². The normalized spacial score (nSPS) is 19.9. The summed E-state index contributed by atoms with van der Waals surface area (Å²) in [6.07, 6.45) is -13.4. The largest absolute Gasteiger partial charge is 0.504 e. The number of carbonyl (C=O) groups excluding carboxylic acids is 5. The molecule has 67 heavy (non-hydrogen) atoms. The molecule has 26 heteroatoms. The number of cyclic esters (lactones) is 2. The molecule has 4 aliphatic heterocycles. The van der Waals surface area contributed by atoms with E-state index in [1.165, 1.54) is 0 Å². The Morgan fingerprint density at radius 3 is 1.33 bits per heavy atom. The summed E-state index contributed by atoms with van der Waals surface area (Å²) in [4.78, 5) is 70.9. The molecule has 0 saturated heterocycles. The topological polar surface area (TPSA) is 455 Å². The van der Waals surface area contributed by atoms with E-state index in [9.17, 15) is 106 Å². The monoisotopic (exact) mass is 936 g/mol. The number of carbonyl (C=O) groups is 5. The zero-order chi connectivity index (χ0) is 49.0. The van der Waals surface area contributed by atoms with E-state index in [-0.39, 0.29) is 0 Å². The second kappa shape index (κ2) is 15.3. The smallest absolute Gasteiger partial charge is 0.339 e. The van der Waals surface area contributed by atoms with Crippen LogP contribution in [-0.2, 0) is 23.7 Å². The standard InChI is InChI=1S/C41H28O26/c42-11-1-7(2-12(43)23(11)47)37(58)64-16-6-63-38(59)8-3-13(44)24(48)27(51)17(8)18-9(4-14(45)25(49)28(18)52)39(60)65-34(16)36-35-32(56)22-21(41(62)66-35)20(30(54)33(57)31(22)55)19-10(40(61)67-36)5-15(46)26(50)29(19)53/h1-5,16,32,34-36,42-57H,6H2/t16-,32+,34-,35+,36-/m0/s1. The van der Waals surface area contributed by atoms with Gasteiger partial charge in [-0.05, 0) is 30.3 Å². The van der Waals surface area contributed by atoms with Gasteiger partial charge in [0.1, 0.15) is 12.7 Å². The molecular formula is C41H28O26. The van der Waals surface area contributed by atoms with Crippen molar-refractivity contribution in [2.45, 2.75) is 30.5 Å². The summed E-state index contributed by atoms with van der Waals surface area (Å²) in [6.45, 7) is -1.50. The third-order valence-corrected chi connectivity index (χ3v) is 10.9. The SMILES string of the molecule is O=C(O[C@H]1COC(=O)c2cc(O)c(O)c(O)c2-c2c(cc(O)c(O)c2O)C(=O)O[C@@H]1[C@@H]1OC(=O)c2cc(O)c(O)c(O)c2-c2c(O)c(O)c(O)c3c2C(=O)O[C@@H]1[C@@H]3O)c1cc(O)c(O)c(O)c1. The lowest BCUT2D eigenvalue weighted by Gasteiger charge is -2.40. The number of rotatable bonds is 3.